The number of unbranched alkanes of at least 4 members (excludes halogenated alkanes) is 2. The van der Waals surface area contributed by atoms with Crippen LogP contribution >= 0.6 is 0 Å². The Balaban J connectivity index is 2.21. The molecule has 0 aromatic heterocycles. The van der Waals surface area contributed by atoms with Crippen molar-refractivity contribution in [3.8, 4) is 0 Å². The summed E-state index contributed by atoms with van der Waals surface area (Å²) in [6, 6.07) is 8.72. The van der Waals surface area contributed by atoms with Gasteiger partial charge in [0, 0.05) is 0 Å². The Kier molecular flexibility index (Phi) is 6.27. The van der Waals surface area contributed by atoms with E-state index < -0.39 is 0 Å². The first kappa shape index (κ1) is 12.0. The SMILES string of the molecule is Cc1ccccc1[Te]CCCCCO. The average molecular weight is 306 g/mol. The van der Waals surface area contributed by atoms with Gasteiger partial charge in [-0.1, -0.05) is 0 Å². The first-order valence-electron chi connectivity index (χ1n) is 5.14. The maximum absolute atomic E-state index is 8.64. The molecule has 0 fully saturated rings. The van der Waals surface area contributed by atoms with E-state index in [0.717, 1.165) is 6.42 Å². The molecule has 0 unspecified atom stereocenters. The van der Waals surface area contributed by atoms with Crippen molar-refractivity contribution < 1.29 is 5.11 Å². The zero-order valence-electron chi connectivity index (χ0n) is 8.70. The van der Waals surface area contributed by atoms with Crippen LogP contribution in [-0.4, -0.2) is 32.6 Å². The summed E-state index contributed by atoms with van der Waals surface area (Å²) in [5.74, 6) is 0. The van der Waals surface area contributed by atoms with Crippen molar-refractivity contribution in [3.63, 3.8) is 0 Å². The van der Waals surface area contributed by atoms with Gasteiger partial charge in [-0.15, -0.1) is 0 Å². The average Bonchev–Trinajstić information content (AvgIpc) is 2.20. The molecule has 0 heterocycles. The van der Waals surface area contributed by atoms with Crippen molar-refractivity contribution >= 4 is 24.5 Å². The molecule has 78 valence electrons. The Morgan fingerprint density at radius 2 is 1.93 bits per heavy atom. The molecule has 1 nitrogen and oxygen atoms in total. The molecule has 0 spiro atoms. The van der Waals surface area contributed by atoms with E-state index in [1.807, 2.05) is 0 Å². The number of aliphatic hydroxyl groups is 1. The van der Waals surface area contributed by atoms with E-state index in [1.165, 1.54) is 22.9 Å². The molecule has 0 amide bonds. The van der Waals surface area contributed by atoms with Crippen LogP contribution in [0, 0.1) is 6.92 Å². The minimum absolute atomic E-state index is 0.0287. The molecule has 0 saturated heterocycles. The number of aliphatic hydroxyl groups excluding tert-OH is 1. The van der Waals surface area contributed by atoms with Gasteiger partial charge in [0.15, 0.2) is 0 Å². The molecule has 0 aliphatic carbocycles. The van der Waals surface area contributed by atoms with Gasteiger partial charge in [0.25, 0.3) is 0 Å². The summed E-state index contributed by atoms with van der Waals surface area (Å²) in [5.41, 5.74) is 1.46. The molecule has 0 bridgehead atoms. The second kappa shape index (κ2) is 7.29. The molecule has 0 saturated carbocycles. The third-order valence-corrected chi connectivity index (χ3v) is 5.76. The Labute approximate surface area is 96.6 Å². The quantitative estimate of drug-likeness (QED) is 0.629. The van der Waals surface area contributed by atoms with Gasteiger partial charge in [-0.25, -0.2) is 0 Å². The summed E-state index contributed by atoms with van der Waals surface area (Å²) in [7, 11) is 0. The van der Waals surface area contributed by atoms with E-state index in [0.29, 0.717) is 6.61 Å². The molecule has 0 aliphatic rings. The number of hydrogen-bond acceptors (Lipinski definition) is 1. The van der Waals surface area contributed by atoms with E-state index in [1.54, 1.807) is 3.61 Å². The molecule has 1 aromatic rings. The zero-order chi connectivity index (χ0) is 10.2. The van der Waals surface area contributed by atoms with Crippen molar-refractivity contribution in [2.45, 2.75) is 30.7 Å². The number of rotatable bonds is 6. The van der Waals surface area contributed by atoms with E-state index >= 15 is 0 Å². The molecular weight excluding hydrogens is 288 g/mol. The molecule has 0 atom stereocenters. The van der Waals surface area contributed by atoms with Crippen LogP contribution in [0.15, 0.2) is 24.3 Å². The first-order valence-corrected chi connectivity index (χ1v) is 7.95. The van der Waals surface area contributed by atoms with Crippen molar-refractivity contribution in [1.29, 1.82) is 0 Å². The van der Waals surface area contributed by atoms with E-state index in [9.17, 15) is 0 Å². The second-order valence-corrected chi connectivity index (χ2v) is 6.64. The van der Waals surface area contributed by atoms with Crippen molar-refractivity contribution in [3.05, 3.63) is 29.8 Å². The summed E-state index contributed by atoms with van der Waals surface area (Å²) >= 11 is 0.0287. The summed E-state index contributed by atoms with van der Waals surface area (Å²) in [6.45, 7) is 2.55. The molecule has 1 N–H and O–H groups in total. The van der Waals surface area contributed by atoms with Gasteiger partial charge < -0.3 is 0 Å². The van der Waals surface area contributed by atoms with Crippen molar-refractivity contribution in [1.82, 2.24) is 0 Å². The van der Waals surface area contributed by atoms with Crippen LogP contribution in [0.4, 0.5) is 0 Å². The van der Waals surface area contributed by atoms with E-state index in [2.05, 4.69) is 31.2 Å². The molecule has 2 heteroatoms. The van der Waals surface area contributed by atoms with Gasteiger partial charge in [0.05, 0.1) is 0 Å². The van der Waals surface area contributed by atoms with Gasteiger partial charge in [-0.2, -0.15) is 0 Å². The van der Waals surface area contributed by atoms with Gasteiger partial charge in [0.2, 0.25) is 0 Å². The third-order valence-electron chi connectivity index (χ3n) is 2.15. The summed E-state index contributed by atoms with van der Waals surface area (Å²) in [4.78, 5) is 0. The molecule has 0 aliphatic heterocycles. The summed E-state index contributed by atoms with van der Waals surface area (Å²) in [5, 5.41) is 8.64. The van der Waals surface area contributed by atoms with Crippen LogP contribution in [-0.2, 0) is 0 Å². The Bertz CT molecular complexity index is 260. The second-order valence-electron chi connectivity index (χ2n) is 3.40. The molecule has 1 aromatic carbocycles. The zero-order valence-corrected chi connectivity index (χ0v) is 11.0. The van der Waals surface area contributed by atoms with Gasteiger partial charge in [0.1, 0.15) is 0 Å². The Morgan fingerprint density at radius 3 is 2.64 bits per heavy atom. The van der Waals surface area contributed by atoms with Crippen LogP contribution in [0.25, 0.3) is 0 Å². The predicted molar refractivity (Wildman–Crippen MR) is 62.3 cm³/mol. The van der Waals surface area contributed by atoms with Crippen LogP contribution in [0.5, 0.6) is 0 Å². The van der Waals surface area contributed by atoms with E-state index in [4.69, 9.17) is 5.11 Å². The monoisotopic (exact) mass is 308 g/mol. The fourth-order valence-corrected chi connectivity index (χ4v) is 4.26. The van der Waals surface area contributed by atoms with Gasteiger partial charge in [-0.05, 0) is 0 Å². The van der Waals surface area contributed by atoms with Crippen molar-refractivity contribution in [2.24, 2.45) is 0 Å². The number of aryl methyl sites for hydroxylation is 1. The summed E-state index contributed by atoms with van der Waals surface area (Å²) < 4.78 is 2.97. The summed E-state index contributed by atoms with van der Waals surface area (Å²) in [6.07, 6.45) is 3.45. The normalized spacial score (nSPS) is 10.4. The van der Waals surface area contributed by atoms with Gasteiger partial charge >= 0.3 is 96.7 Å². The van der Waals surface area contributed by atoms with Crippen LogP contribution in [0.1, 0.15) is 24.8 Å². The predicted octanol–water partition coefficient (Wildman–Crippen LogP) is 1.91. The molecule has 14 heavy (non-hydrogen) atoms. The van der Waals surface area contributed by atoms with Crippen molar-refractivity contribution in [2.75, 3.05) is 6.61 Å². The number of hydrogen-bond donors (Lipinski definition) is 1. The standard InChI is InChI=1S/C12H18OTe/c1-11-7-3-4-8-12(11)14-10-6-2-5-9-13/h3-4,7-8,13H,2,5-6,9-10H2,1H3. The fraction of sp³-hybridized carbons (Fsp3) is 0.500. The van der Waals surface area contributed by atoms with E-state index in [-0.39, 0.29) is 20.9 Å². The fourth-order valence-electron chi connectivity index (χ4n) is 1.29. The molecular formula is C12H18OTe. The van der Waals surface area contributed by atoms with Crippen LogP contribution < -0.4 is 3.61 Å². The van der Waals surface area contributed by atoms with Crippen LogP contribution in [0.2, 0.25) is 4.47 Å². The van der Waals surface area contributed by atoms with Crippen LogP contribution in [0.3, 0.4) is 0 Å². The molecule has 1 rings (SSSR count). The molecule has 0 radical (unpaired) electrons. The third kappa shape index (κ3) is 4.46. The Morgan fingerprint density at radius 1 is 1.14 bits per heavy atom. The van der Waals surface area contributed by atoms with Gasteiger partial charge in [-0.3, -0.25) is 0 Å². The maximum atomic E-state index is 8.64. The number of benzene rings is 1. The Hall–Kier alpha value is -0.0304. The topological polar surface area (TPSA) is 20.2 Å². The first-order chi connectivity index (χ1) is 6.84. The minimum atomic E-state index is 0.0287.